The molecule has 0 N–H and O–H groups in total. The van der Waals surface area contributed by atoms with Gasteiger partial charge in [0.25, 0.3) is 0 Å². The fourth-order valence-corrected chi connectivity index (χ4v) is 1.03. The standard InChI is InChI=1S/C12H12O2/c1-10(9-12(13)14)7-8-11-5-3-2-4-6-11/h2-9H,1H3,(H,13,14)/p-1/b8-7-,10-9-. The number of carbonyl (C=O) groups is 1. The summed E-state index contributed by atoms with van der Waals surface area (Å²) in [4.78, 5) is 10.2. The number of aliphatic carboxylic acids is 1. The van der Waals surface area contributed by atoms with Crippen molar-refractivity contribution in [2.24, 2.45) is 0 Å². The summed E-state index contributed by atoms with van der Waals surface area (Å²) < 4.78 is 0. The lowest BCUT2D eigenvalue weighted by atomic mass is 10.2. The number of carbonyl (C=O) groups excluding carboxylic acids is 1. The van der Waals surface area contributed by atoms with Crippen molar-refractivity contribution in [2.75, 3.05) is 0 Å². The van der Waals surface area contributed by atoms with Gasteiger partial charge in [-0.1, -0.05) is 42.5 Å². The summed E-state index contributed by atoms with van der Waals surface area (Å²) in [5, 5.41) is 10.2. The van der Waals surface area contributed by atoms with Crippen molar-refractivity contribution < 1.29 is 9.90 Å². The molecule has 0 saturated heterocycles. The van der Waals surface area contributed by atoms with Crippen molar-refractivity contribution in [1.29, 1.82) is 0 Å². The Kier molecular flexibility index (Phi) is 3.68. The summed E-state index contributed by atoms with van der Waals surface area (Å²) in [6.07, 6.45) is 4.67. The van der Waals surface area contributed by atoms with Gasteiger partial charge < -0.3 is 9.90 Å². The molecule has 0 bridgehead atoms. The van der Waals surface area contributed by atoms with Crippen molar-refractivity contribution in [3.63, 3.8) is 0 Å². The minimum Gasteiger partial charge on any atom is -0.545 e. The predicted molar refractivity (Wildman–Crippen MR) is 54.2 cm³/mol. The van der Waals surface area contributed by atoms with E-state index in [2.05, 4.69) is 0 Å². The van der Waals surface area contributed by atoms with Gasteiger partial charge in [0, 0.05) is 0 Å². The molecule has 0 heterocycles. The van der Waals surface area contributed by atoms with Crippen LogP contribution in [0, 0.1) is 0 Å². The minimum absolute atomic E-state index is 0.661. The first kappa shape index (κ1) is 10.3. The van der Waals surface area contributed by atoms with Gasteiger partial charge in [-0.25, -0.2) is 0 Å². The molecule has 0 amide bonds. The Morgan fingerprint density at radius 1 is 1.29 bits per heavy atom. The fraction of sp³-hybridized carbons (Fsp3) is 0.0833. The van der Waals surface area contributed by atoms with Crippen molar-refractivity contribution >= 4 is 12.0 Å². The van der Waals surface area contributed by atoms with Gasteiger partial charge in [0.15, 0.2) is 0 Å². The molecule has 0 atom stereocenters. The molecule has 1 aromatic carbocycles. The second-order valence-corrected chi connectivity index (χ2v) is 2.95. The van der Waals surface area contributed by atoms with E-state index in [0.29, 0.717) is 5.57 Å². The predicted octanol–water partition coefficient (Wildman–Crippen LogP) is 1.40. The Labute approximate surface area is 83.2 Å². The molecule has 0 spiro atoms. The van der Waals surface area contributed by atoms with Crippen molar-refractivity contribution in [3.8, 4) is 0 Å². The third-order valence-corrected chi connectivity index (χ3v) is 1.68. The molecule has 0 aromatic heterocycles. The highest BCUT2D eigenvalue weighted by molar-refractivity contribution is 5.79. The largest absolute Gasteiger partial charge is 0.545 e. The van der Waals surface area contributed by atoms with E-state index in [1.165, 1.54) is 0 Å². The van der Waals surface area contributed by atoms with E-state index in [1.54, 1.807) is 13.0 Å². The second kappa shape index (κ2) is 5.02. The van der Waals surface area contributed by atoms with Crippen molar-refractivity contribution in [2.45, 2.75) is 6.92 Å². The molecule has 0 radical (unpaired) electrons. The number of allylic oxidation sites excluding steroid dienone is 2. The van der Waals surface area contributed by atoms with E-state index >= 15 is 0 Å². The zero-order chi connectivity index (χ0) is 10.4. The third-order valence-electron chi connectivity index (χ3n) is 1.68. The highest BCUT2D eigenvalue weighted by Gasteiger charge is 1.84. The lowest BCUT2D eigenvalue weighted by molar-refractivity contribution is -0.297. The van der Waals surface area contributed by atoms with Crippen LogP contribution < -0.4 is 5.11 Å². The zero-order valence-corrected chi connectivity index (χ0v) is 7.94. The van der Waals surface area contributed by atoms with E-state index in [0.717, 1.165) is 11.6 Å². The van der Waals surface area contributed by atoms with E-state index in [4.69, 9.17) is 0 Å². The Hall–Kier alpha value is -1.83. The molecule has 1 aromatic rings. The number of rotatable bonds is 3. The summed E-state index contributed by atoms with van der Waals surface area (Å²) in [6, 6.07) is 9.68. The van der Waals surface area contributed by atoms with Gasteiger partial charge in [-0.2, -0.15) is 0 Å². The molecule has 0 aliphatic carbocycles. The first-order valence-electron chi connectivity index (χ1n) is 4.31. The monoisotopic (exact) mass is 187 g/mol. The van der Waals surface area contributed by atoms with Gasteiger partial charge >= 0.3 is 0 Å². The van der Waals surface area contributed by atoms with Crippen molar-refractivity contribution in [1.82, 2.24) is 0 Å². The highest BCUT2D eigenvalue weighted by Crippen LogP contribution is 2.04. The summed E-state index contributed by atoms with van der Waals surface area (Å²) in [6.45, 7) is 1.72. The smallest absolute Gasteiger partial charge is 0.0645 e. The maximum Gasteiger partial charge on any atom is 0.0645 e. The molecule has 2 nitrogen and oxygen atoms in total. The Balaban J connectivity index is 2.70. The van der Waals surface area contributed by atoms with E-state index in [1.807, 2.05) is 36.4 Å². The first-order chi connectivity index (χ1) is 6.68. The van der Waals surface area contributed by atoms with Gasteiger partial charge in [0.1, 0.15) is 0 Å². The normalized spacial score (nSPS) is 11.9. The molecule has 0 fully saturated rings. The number of carboxylic acid groups (broad SMARTS) is 1. The molecule has 1 rings (SSSR count). The molecule has 0 aliphatic heterocycles. The Morgan fingerprint density at radius 3 is 2.50 bits per heavy atom. The lowest BCUT2D eigenvalue weighted by Crippen LogP contribution is -2.19. The maximum absolute atomic E-state index is 10.2. The van der Waals surface area contributed by atoms with Gasteiger partial charge in [0.2, 0.25) is 0 Å². The molecule has 0 saturated carbocycles. The number of hydrogen-bond donors (Lipinski definition) is 0. The van der Waals surface area contributed by atoms with Gasteiger partial charge in [-0.15, -0.1) is 0 Å². The lowest BCUT2D eigenvalue weighted by Gasteiger charge is -1.95. The zero-order valence-electron chi connectivity index (χ0n) is 7.94. The Morgan fingerprint density at radius 2 is 1.93 bits per heavy atom. The van der Waals surface area contributed by atoms with Crippen LogP contribution in [0.3, 0.4) is 0 Å². The molecule has 14 heavy (non-hydrogen) atoms. The topological polar surface area (TPSA) is 40.1 Å². The van der Waals surface area contributed by atoms with Crippen LogP contribution in [0.5, 0.6) is 0 Å². The summed E-state index contributed by atoms with van der Waals surface area (Å²) in [7, 11) is 0. The molecule has 0 aliphatic rings. The van der Waals surface area contributed by atoms with Gasteiger partial charge in [-0.3, -0.25) is 0 Å². The molecule has 0 unspecified atom stereocenters. The highest BCUT2D eigenvalue weighted by atomic mass is 16.4. The van der Waals surface area contributed by atoms with Gasteiger partial charge in [-0.05, 0) is 24.1 Å². The van der Waals surface area contributed by atoms with E-state index < -0.39 is 5.97 Å². The summed E-state index contributed by atoms with van der Waals surface area (Å²) in [5.41, 5.74) is 1.70. The summed E-state index contributed by atoms with van der Waals surface area (Å²) >= 11 is 0. The van der Waals surface area contributed by atoms with Crippen LogP contribution in [0.4, 0.5) is 0 Å². The second-order valence-electron chi connectivity index (χ2n) is 2.95. The number of carboxylic acids is 1. The molecular weight excluding hydrogens is 176 g/mol. The third kappa shape index (κ3) is 3.72. The summed E-state index contributed by atoms with van der Waals surface area (Å²) in [5.74, 6) is -1.17. The average Bonchev–Trinajstić information content (AvgIpc) is 2.15. The van der Waals surface area contributed by atoms with Crippen LogP contribution in [0.2, 0.25) is 0 Å². The average molecular weight is 187 g/mol. The Bertz CT molecular complexity index is 361. The van der Waals surface area contributed by atoms with E-state index in [-0.39, 0.29) is 0 Å². The molecule has 2 heteroatoms. The quantitative estimate of drug-likeness (QED) is 0.530. The fourth-order valence-electron chi connectivity index (χ4n) is 1.03. The minimum atomic E-state index is -1.17. The van der Waals surface area contributed by atoms with Crippen LogP contribution in [-0.4, -0.2) is 5.97 Å². The van der Waals surface area contributed by atoms with Crippen molar-refractivity contribution in [3.05, 3.63) is 53.6 Å². The molecular formula is C12H11O2-. The number of hydrogen-bond acceptors (Lipinski definition) is 2. The van der Waals surface area contributed by atoms with Gasteiger partial charge in [0.05, 0.1) is 5.97 Å². The van der Waals surface area contributed by atoms with Crippen LogP contribution in [0.15, 0.2) is 48.1 Å². The maximum atomic E-state index is 10.2. The van der Waals surface area contributed by atoms with Crippen LogP contribution >= 0.6 is 0 Å². The first-order valence-corrected chi connectivity index (χ1v) is 4.31. The van der Waals surface area contributed by atoms with Crippen LogP contribution in [0.25, 0.3) is 6.08 Å². The molecule has 72 valence electrons. The van der Waals surface area contributed by atoms with E-state index in [9.17, 15) is 9.90 Å². The van der Waals surface area contributed by atoms with Crippen LogP contribution in [0.1, 0.15) is 12.5 Å². The number of benzene rings is 1. The SMILES string of the molecule is CC(/C=C\c1ccccc1)=C/C(=O)[O-]. The van der Waals surface area contributed by atoms with Crippen LogP contribution in [-0.2, 0) is 4.79 Å².